The molecular weight excluding hydrogens is 392 g/mol. The second kappa shape index (κ2) is 11.8. The van der Waals surface area contributed by atoms with E-state index in [-0.39, 0.29) is 11.9 Å². The van der Waals surface area contributed by atoms with E-state index in [9.17, 15) is 9.59 Å². The zero-order chi connectivity index (χ0) is 21.2. The monoisotopic (exact) mass is 426 g/mol. The number of hydrogen-bond donors (Lipinski definition) is 2. The summed E-state index contributed by atoms with van der Waals surface area (Å²) in [7, 11) is 0. The normalized spacial score (nSPS) is 11.9. The molecule has 1 aromatic rings. The highest BCUT2D eigenvalue weighted by atomic mass is 32.1. The van der Waals surface area contributed by atoms with Gasteiger partial charge in [0.05, 0.1) is 12.8 Å². The Bertz CT molecular complexity index is 565. The van der Waals surface area contributed by atoms with E-state index in [1.807, 2.05) is 52.0 Å². The smallest absolute Gasteiger partial charge is 0.307 e. The predicted octanol–water partition coefficient (Wildman–Crippen LogP) is 5.44. The van der Waals surface area contributed by atoms with Crippen LogP contribution in [-0.4, -0.2) is 23.4 Å². The lowest BCUT2D eigenvalue weighted by Gasteiger charge is -2.35. The van der Waals surface area contributed by atoms with Crippen LogP contribution in [0.15, 0.2) is 24.3 Å². The molecule has 0 bridgehead atoms. The van der Waals surface area contributed by atoms with Crippen LogP contribution >= 0.6 is 25.3 Å². The Labute approximate surface area is 180 Å². The van der Waals surface area contributed by atoms with Crippen molar-refractivity contribution in [3.05, 3.63) is 35.4 Å². The Morgan fingerprint density at radius 1 is 0.714 bits per heavy atom. The topological polar surface area (TPSA) is 52.6 Å². The van der Waals surface area contributed by atoms with Crippen molar-refractivity contribution in [2.75, 3.05) is 11.5 Å². The van der Waals surface area contributed by atoms with Gasteiger partial charge in [-0.1, -0.05) is 52.0 Å². The summed E-state index contributed by atoms with van der Waals surface area (Å²) in [5, 5.41) is 0. The van der Waals surface area contributed by atoms with E-state index in [4.69, 9.17) is 9.47 Å². The van der Waals surface area contributed by atoms with Crippen LogP contribution in [0.25, 0.3) is 0 Å². The number of carbonyl (C=O) groups excluding carboxylic acids is 2. The molecule has 0 heterocycles. The van der Waals surface area contributed by atoms with Crippen LogP contribution < -0.4 is 0 Å². The van der Waals surface area contributed by atoms with Crippen LogP contribution in [0.3, 0.4) is 0 Å². The molecule has 1 aromatic carbocycles. The Balaban J connectivity index is 3.20. The minimum absolute atomic E-state index is 0.236. The number of carbonyl (C=O) groups is 2. The van der Waals surface area contributed by atoms with Gasteiger partial charge in [-0.15, -0.1) is 0 Å². The van der Waals surface area contributed by atoms with Crippen molar-refractivity contribution in [2.24, 2.45) is 0 Å². The first-order valence-electron chi connectivity index (χ1n) is 10.1. The molecule has 0 spiro atoms. The predicted molar refractivity (Wildman–Crippen MR) is 120 cm³/mol. The van der Waals surface area contributed by atoms with E-state index in [2.05, 4.69) is 25.3 Å². The zero-order valence-corrected chi connectivity index (χ0v) is 19.3. The van der Waals surface area contributed by atoms with E-state index in [1.54, 1.807) is 0 Å². The molecule has 0 aliphatic heterocycles. The van der Waals surface area contributed by atoms with Crippen molar-refractivity contribution in [1.82, 2.24) is 0 Å². The number of ether oxygens (including phenoxy) is 2. The third-order valence-electron chi connectivity index (χ3n) is 5.47. The lowest BCUT2D eigenvalue weighted by molar-refractivity contribution is -0.163. The molecule has 158 valence electrons. The number of esters is 2. The van der Waals surface area contributed by atoms with Crippen LogP contribution in [0.5, 0.6) is 0 Å². The average molecular weight is 427 g/mol. The second-order valence-corrected chi connectivity index (χ2v) is 7.77. The van der Waals surface area contributed by atoms with E-state index in [1.165, 1.54) is 0 Å². The Hall–Kier alpha value is -1.14. The van der Waals surface area contributed by atoms with Crippen molar-refractivity contribution in [3.8, 4) is 0 Å². The first kappa shape index (κ1) is 24.9. The van der Waals surface area contributed by atoms with E-state index < -0.39 is 11.2 Å². The summed E-state index contributed by atoms with van der Waals surface area (Å²) >= 11 is 8.23. The molecule has 0 N–H and O–H groups in total. The summed E-state index contributed by atoms with van der Waals surface area (Å²) in [6.07, 6.45) is 3.32. The van der Waals surface area contributed by atoms with Gasteiger partial charge in [0.1, 0.15) is 11.2 Å². The fourth-order valence-corrected chi connectivity index (χ4v) is 3.89. The Kier molecular flexibility index (Phi) is 10.5. The van der Waals surface area contributed by atoms with Gasteiger partial charge in [-0.3, -0.25) is 9.59 Å². The first-order valence-corrected chi connectivity index (χ1v) is 11.4. The zero-order valence-electron chi connectivity index (χ0n) is 17.5. The van der Waals surface area contributed by atoms with Gasteiger partial charge >= 0.3 is 11.9 Å². The molecule has 4 nitrogen and oxygen atoms in total. The van der Waals surface area contributed by atoms with Crippen LogP contribution in [0.1, 0.15) is 77.3 Å². The summed E-state index contributed by atoms with van der Waals surface area (Å²) in [6, 6.07) is 7.96. The van der Waals surface area contributed by atoms with Gasteiger partial charge in [0.25, 0.3) is 0 Å². The summed E-state index contributed by atoms with van der Waals surface area (Å²) in [5.41, 5.74) is 0.609. The van der Waals surface area contributed by atoms with Crippen LogP contribution in [-0.2, 0) is 30.3 Å². The van der Waals surface area contributed by atoms with Gasteiger partial charge in [0, 0.05) is 11.5 Å². The highest BCUT2D eigenvalue weighted by Crippen LogP contribution is 2.38. The molecule has 0 aromatic heterocycles. The Morgan fingerprint density at radius 2 is 1.00 bits per heavy atom. The number of benzene rings is 1. The first-order chi connectivity index (χ1) is 13.4. The Morgan fingerprint density at radius 3 is 1.21 bits per heavy atom. The van der Waals surface area contributed by atoms with Gasteiger partial charge < -0.3 is 9.47 Å². The number of thiol groups is 2. The molecule has 28 heavy (non-hydrogen) atoms. The molecule has 6 heteroatoms. The fourth-order valence-electron chi connectivity index (χ4n) is 3.52. The van der Waals surface area contributed by atoms with Crippen molar-refractivity contribution in [3.63, 3.8) is 0 Å². The minimum atomic E-state index is -0.650. The van der Waals surface area contributed by atoms with Crippen molar-refractivity contribution >= 4 is 37.2 Å². The summed E-state index contributed by atoms with van der Waals surface area (Å²) in [5.74, 6) is 0.461. The maximum absolute atomic E-state index is 12.1. The SMILES string of the molecule is CCC(CC)(OC(=O)CCS)c1ccc(C(CC)(CC)OC(=O)CCS)cc1. The maximum Gasteiger partial charge on any atom is 0.307 e. The highest BCUT2D eigenvalue weighted by molar-refractivity contribution is 7.80. The van der Waals surface area contributed by atoms with E-state index >= 15 is 0 Å². The molecule has 0 saturated heterocycles. The molecule has 0 aliphatic rings. The highest BCUT2D eigenvalue weighted by Gasteiger charge is 2.35. The van der Waals surface area contributed by atoms with E-state index in [0.717, 1.165) is 11.1 Å². The van der Waals surface area contributed by atoms with Crippen LogP contribution in [0.2, 0.25) is 0 Å². The maximum atomic E-state index is 12.1. The van der Waals surface area contributed by atoms with Crippen LogP contribution in [0, 0.1) is 0 Å². The number of hydrogen-bond acceptors (Lipinski definition) is 6. The fraction of sp³-hybridized carbons (Fsp3) is 0.636. The van der Waals surface area contributed by atoms with Crippen LogP contribution in [0.4, 0.5) is 0 Å². The molecule has 0 atom stereocenters. The van der Waals surface area contributed by atoms with Gasteiger partial charge in [-0.05, 0) is 36.8 Å². The summed E-state index contributed by atoms with van der Waals surface area (Å²) in [4.78, 5) is 24.2. The van der Waals surface area contributed by atoms with Gasteiger partial charge in [-0.25, -0.2) is 0 Å². The number of rotatable bonds is 12. The minimum Gasteiger partial charge on any atom is -0.454 e. The molecule has 0 fully saturated rings. The summed E-state index contributed by atoms with van der Waals surface area (Å²) < 4.78 is 11.7. The van der Waals surface area contributed by atoms with E-state index in [0.29, 0.717) is 50.0 Å². The lowest BCUT2D eigenvalue weighted by atomic mass is 9.83. The standard InChI is InChI=1S/C22H34O4S2/c1-5-21(6-2,25-19(23)13-15-27)17-9-11-18(12-10-17)22(7-3,8-4)26-20(24)14-16-28/h9-12,27-28H,5-8,13-16H2,1-4H3. The largest absolute Gasteiger partial charge is 0.454 e. The molecule has 0 amide bonds. The molecule has 0 unspecified atom stereocenters. The van der Waals surface area contributed by atoms with Gasteiger partial charge in [-0.2, -0.15) is 25.3 Å². The second-order valence-electron chi connectivity index (χ2n) is 6.88. The summed E-state index contributed by atoms with van der Waals surface area (Å²) in [6.45, 7) is 8.08. The van der Waals surface area contributed by atoms with Gasteiger partial charge in [0.2, 0.25) is 0 Å². The van der Waals surface area contributed by atoms with Crippen molar-refractivity contribution in [1.29, 1.82) is 0 Å². The lowest BCUT2D eigenvalue weighted by Crippen LogP contribution is -2.33. The van der Waals surface area contributed by atoms with Crippen molar-refractivity contribution < 1.29 is 19.1 Å². The quantitative estimate of drug-likeness (QED) is 0.345. The van der Waals surface area contributed by atoms with Crippen molar-refractivity contribution in [2.45, 2.75) is 77.4 Å². The molecule has 0 aliphatic carbocycles. The van der Waals surface area contributed by atoms with Gasteiger partial charge in [0.15, 0.2) is 0 Å². The molecule has 0 saturated carbocycles. The average Bonchev–Trinajstić information content (AvgIpc) is 2.71. The third kappa shape index (κ3) is 5.93. The third-order valence-corrected chi connectivity index (χ3v) is 5.92. The molecule has 0 radical (unpaired) electrons. The molecule has 1 rings (SSSR count). The molecular formula is C22H34O4S2.